The molecule has 0 unspecified atom stereocenters. The van der Waals surface area contributed by atoms with Crippen LogP contribution >= 0.6 is 11.8 Å². The van der Waals surface area contributed by atoms with Crippen molar-refractivity contribution in [1.29, 1.82) is 0 Å². The van der Waals surface area contributed by atoms with Gasteiger partial charge < -0.3 is 15.4 Å². The van der Waals surface area contributed by atoms with Crippen LogP contribution in [0.5, 0.6) is 0 Å². The van der Waals surface area contributed by atoms with Crippen LogP contribution in [0.3, 0.4) is 0 Å². The highest BCUT2D eigenvalue weighted by molar-refractivity contribution is 7.99. The van der Waals surface area contributed by atoms with Crippen LogP contribution in [0.1, 0.15) is 25.8 Å². The first-order chi connectivity index (χ1) is 15.6. The number of carbonyl (C=O) groups is 1. The van der Waals surface area contributed by atoms with E-state index in [1.807, 2.05) is 6.92 Å². The second-order valence-corrected chi connectivity index (χ2v) is 8.15. The van der Waals surface area contributed by atoms with E-state index >= 15 is 0 Å². The van der Waals surface area contributed by atoms with Gasteiger partial charge >= 0.3 is 0 Å². The van der Waals surface area contributed by atoms with Gasteiger partial charge in [-0.3, -0.25) is 4.79 Å². The number of aromatic nitrogens is 4. The monoisotopic (exact) mass is 460 g/mol. The van der Waals surface area contributed by atoms with E-state index in [4.69, 9.17) is 4.74 Å². The molecule has 172 valence electrons. The first-order valence-electron chi connectivity index (χ1n) is 10.8. The Hall–Kier alpha value is -2.72. The molecule has 3 aromatic rings. The molecule has 0 aliphatic carbocycles. The third-order valence-corrected chi connectivity index (χ3v) is 5.63. The Labute approximate surface area is 191 Å². The fourth-order valence-corrected chi connectivity index (χ4v) is 3.72. The molecule has 32 heavy (non-hydrogen) atoms. The third-order valence-electron chi connectivity index (χ3n) is 4.58. The predicted molar refractivity (Wildman–Crippen MR) is 124 cm³/mol. The highest BCUT2D eigenvalue weighted by Gasteiger charge is 2.13. The van der Waals surface area contributed by atoms with Crippen molar-refractivity contribution in [1.82, 2.24) is 25.1 Å². The second-order valence-electron chi connectivity index (χ2n) is 7.09. The number of ether oxygens (including phenoxy) is 1. The van der Waals surface area contributed by atoms with Crippen molar-refractivity contribution < 1.29 is 13.9 Å². The number of nitrogens with zero attached hydrogens (tertiary/aromatic N) is 4. The molecule has 8 nitrogen and oxygen atoms in total. The van der Waals surface area contributed by atoms with Crippen LogP contribution in [-0.2, 0) is 22.5 Å². The molecule has 2 aromatic heterocycles. The summed E-state index contributed by atoms with van der Waals surface area (Å²) < 4.78 is 20.2. The van der Waals surface area contributed by atoms with Crippen LogP contribution in [-0.4, -0.2) is 57.7 Å². The predicted octanol–water partition coefficient (Wildman–Crippen LogP) is 3.27. The summed E-state index contributed by atoms with van der Waals surface area (Å²) in [6.07, 6.45) is 2.97. The molecular formula is C22H29FN6O2S. The molecule has 1 amide bonds. The van der Waals surface area contributed by atoms with E-state index in [0.29, 0.717) is 38.0 Å². The van der Waals surface area contributed by atoms with Gasteiger partial charge in [0.25, 0.3) is 0 Å². The summed E-state index contributed by atoms with van der Waals surface area (Å²) in [7, 11) is 0. The molecule has 1 aromatic carbocycles. The van der Waals surface area contributed by atoms with Crippen molar-refractivity contribution in [3.05, 3.63) is 41.8 Å². The molecule has 2 N–H and O–H groups in total. The minimum Gasteiger partial charge on any atom is -0.380 e. The second kappa shape index (κ2) is 12.4. The lowest BCUT2D eigenvalue weighted by Crippen LogP contribution is -2.28. The number of hydrogen-bond donors (Lipinski definition) is 2. The maximum absolute atomic E-state index is 13.0. The number of nitrogens with one attached hydrogen (secondary N) is 2. The van der Waals surface area contributed by atoms with Gasteiger partial charge in [0.05, 0.1) is 31.2 Å². The van der Waals surface area contributed by atoms with Crippen molar-refractivity contribution in [3.63, 3.8) is 0 Å². The molecular weight excluding hydrogens is 431 g/mol. The summed E-state index contributed by atoms with van der Waals surface area (Å²) in [5.74, 6) is 1.22. The number of thioether (sulfide) groups is 1. The van der Waals surface area contributed by atoms with Gasteiger partial charge in [0, 0.05) is 25.4 Å². The van der Waals surface area contributed by atoms with E-state index in [9.17, 15) is 9.18 Å². The van der Waals surface area contributed by atoms with Crippen LogP contribution < -0.4 is 10.6 Å². The number of fused-ring (bicyclic) bond motifs is 1. The number of amides is 1. The molecule has 0 bridgehead atoms. The summed E-state index contributed by atoms with van der Waals surface area (Å²) in [5, 5.41) is 12.2. The van der Waals surface area contributed by atoms with Gasteiger partial charge in [-0.1, -0.05) is 30.8 Å². The molecule has 0 saturated heterocycles. The smallest absolute Gasteiger partial charge is 0.224 e. The molecule has 3 rings (SSSR count). The molecule has 0 spiro atoms. The Bertz CT molecular complexity index is 1010. The van der Waals surface area contributed by atoms with Gasteiger partial charge in [-0.25, -0.2) is 19.0 Å². The average molecular weight is 461 g/mol. The van der Waals surface area contributed by atoms with E-state index in [0.717, 1.165) is 34.6 Å². The van der Waals surface area contributed by atoms with Crippen molar-refractivity contribution in [2.75, 3.05) is 37.4 Å². The summed E-state index contributed by atoms with van der Waals surface area (Å²) >= 11 is 1.61. The van der Waals surface area contributed by atoms with Crippen LogP contribution in [0.15, 0.2) is 35.6 Å². The van der Waals surface area contributed by atoms with Gasteiger partial charge in [0.2, 0.25) is 5.91 Å². The van der Waals surface area contributed by atoms with E-state index < -0.39 is 0 Å². The highest BCUT2D eigenvalue weighted by Crippen LogP contribution is 2.24. The van der Waals surface area contributed by atoms with Gasteiger partial charge in [0.1, 0.15) is 11.6 Å². The van der Waals surface area contributed by atoms with Crippen molar-refractivity contribution in [2.24, 2.45) is 0 Å². The first kappa shape index (κ1) is 23.9. The van der Waals surface area contributed by atoms with Gasteiger partial charge in [-0.05, 0) is 31.0 Å². The summed E-state index contributed by atoms with van der Waals surface area (Å²) in [5.41, 5.74) is 1.49. The van der Waals surface area contributed by atoms with Crippen molar-refractivity contribution >= 4 is 34.5 Å². The number of anilines is 1. The first-order valence-corrected chi connectivity index (χ1v) is 11.8. The van der Waals surface area contributed by atoms with Crippen LogP contribution in [0.25, 0.3) is 11.0 Å². The van der Waals surface area contributed by atoms with E-state index in [-0.39, 0.29) is 18.1 Å². The highest BCUT2D eigenvalue weighted by atomic mass is 32.2. The lowest BCUT2D eigenvalue weighted by molar-refractivity contribution is -0.120. The van der Waals surface area contributed by atoms with Crippen molar-refractivity contribution in [3.8, 4) is 0 Å². The molecule has 0 saturated carbocycles. The average Bonchev–Trinajstić information content (AvgIpc) is 3.20. The fraction of sp³-hybridized carbons (Fsp3) is 0.455. The van der Waals surface area contributed by atoms with Crippen molar-refractivity contribution in [2.45, 2.75) is 38.4 Å². The van der Waals surface area contributed by atoms with E-state index in [2.05, 4.69) is 32.6 Å². The Balaban J connectivity index is 1.64. The Kier molecular flexibility index (Phi) is 9.24. The van der Waals surface area contributed by atoms with Gasteiger partial charge in [-0.15, -0.1) is 0 Å². The normalized spacial score (nSPS) is 11.1. The van der Waals surface area contributed by atoms with E-state index in [1.165, 1.54) is 12.1 Å². The Morgan fingerprint density at radius 3 is 2.75 bits per heavy atom. The molecule has 0 aliphatic rings. The zero-order chi connectivity index (χ0) is 22.8. The van der Waals surface area contributed by atoms with E-state index in [1.54, 1.807) is 34.8 Å². The number of halogens is 1. The van der Waals surface area contributed by atoms with Crippen LogP contribution in [0.4, 0.5) is 10.2 Å². The minimum atomic E-state index is -0.315. The topological polar surface area (TPSA) is 94.0 Å². The lowest BCUT2D eigenvalue weighted by atomic mass is 10.1. The quantitative estimate of drug-likeness (QED) is 0.230. The molecule has 0 atom stereocenters. The molecule has 0 fully saturated rings. The molecule has 0 aliphatic heterocycles. The maximum atomic E-state index is 13.0. The number of carbonyl (C=O) groups excluding carboxylic acids is 1. The lowest BCUT2D eigenvalue weighted by Gasteiger charge is -2.10. The molecule has 0 radical (unpaired) electrons. The summed E-state index contributed by atoms with van der Waals surface area (Å²) in [6.45, 7) is 6.87. The number of rotatable bonds is 13. The standard InChI is InChI=1S/C22H29FN6O2S/c1-3-13-32-22-27-20(25-10-12-31-4-2)18-15-26-29(21(18)28-22)11-9-24-19(30)14-16-5-7-17(23)8-6-16/h5-8,15H,3-4,9-14H2,1-2H3,(H,24,30)(H,25,27,28). The number of benzene rings is 1. The zero-order valence-electron chi connectivity index (χ0n) is 18.4. The Morgan fingerprint density at radius 2 is 2.00 bits per heavy atom. The van der Waals surface area contributed by atoms with Gasteiger partial charge in [-0.2, -0.15) is 5.10 Å². The van der Waals surface area contributed by atoms with Gasteiger partial charge in [0.15, 0.2) is 10.8 Å². The van der Waals surface area contributed by atoms with Crippen LogP contribution in [0, 0.1) is 5.82 Å². The fourth-order valence-electron chi connectivity index (χ4n) is 3.03. The Morgan fingerprint density at radius 1 is 1.19 bits per heavy atom. The number of hydrogen-bond acceptors (Lipinski definition) is 7. The molecule has 2 heterocycles. The summed E-state index contributed by atoms with van der Waals surface area (Å²) in [4.78, 5) is 21.5. The maximum Gasteiger partial charge on any atom is 0.224 e. The SMILES string of the molecule is CCCSc1nc(NCCOCC)c2cnn(CCNC(=O)Cc3ccc(F)cc3)c2n1. The molecule has 10 heteroatoms. The minimum absolute atomic E-state index is 0.125. The summed E-state index contributed by atoms with van der Waals surface area (Å²) in [6, 6.07) is 5.93. The third kappa shape index (κ3) is 6.89. The largest absolute Gasteiger partial charge is 0.380 e. The zero-order valence-corrected chi connectivity index (χ0v) is 19.3. The van der Waals surface area contributed by atoms with Crippen LogP contribution in [0.2, 0.25) is 0 Å².